The van der Waals surface area contributed by atoms with E-state index in [2.05, 4.69) is 10.3 Å². The third-order valence-electron chi connectivity index (χ3n) is 5.74. The van der Waals surface area contributed by atoms with Crippen LogP contribution in [-0.4, -0.2) is 15.5 Å². The van der Waals surface area contributed by atoms with Crippen LogP contribution in [0.15, 0.2) is 96.2 Å². The predicted octanol–water partition coefficient (Wildman–Crippen LogP) is 5.68. The van der Waals surface area contributed by atoms with Gasteiger partial charge in [0, 0.05) is 35.9 Å². The number of nitrogens with zero attached hydrogens (tertiary/aromatic N) is 2. The Balaban J connectivity index is 1.21. The second-order valence-electron chi connectivity index (χ2n) is 8.35. The van der Waals surface area contributed by atoms with Gasteiger partial charge in [0.2, 0.25) is 0 Å². The van der Waals surface area contributed by atoms with Crippen molar-refractivity contribution in [2.45, 2.75) is 19.5 Å². The van der Waals surface area contributed by atoms with Gasteiger partial charge in [-0.25, -0.2) is 0 Å². The summed E-state index contributed by atoms with van der Waals surface area (Å²) < 4.78 is 3.56. The molecule has 1 N–H and O–H groups in total. The highest BCUT2D eigenvalue weighted by Crippen LogP contribution is 2.29. The fourth-order valence-electron chi connectivity index (χ4n) is 3.95. The second kappa shape index (κ2) is 10.3. The van der Waals surface area contributed by atoms with Crippen molar-refractivity contribution >= 4 is 38.9 Å². The number of carbonyl (C=O) groups is 1. The lowest BCUT2D eigenvalue weighted by Gasteiger charge is -2.09. The van der Waals surface area contributed by atoms with E-state index in [9.17, 15) is 9.59 Å². The Morgan fingerprint density at radius 3 is 2.54 bits per heavy atom. The van der Waals surface area contributed by atoms with Crippen molar-refractivity contribution in [2.24, 2.45) is 0 Å². The van der Waals surface area contributed by atoms with E-state index >= 15 is 0 Å². The second-order valence-corrected chi connectivity index (χ2v) is 10.1. The molecule has 5 nitrogen and oxygen atoms in total. The zero-order valence-corrected chi connectivity index (χ0v) is 20.4. The number of amides is 1. The minimum Gasteiger partial charge on any atom is -0.348 e. The molecule has 0 aliphatic heterocycles. The lowest BCUT2D eigenvalue weighted by atomic mass is 10.0. The monoisotopic (exact) mass is 499 g/mol. The van der Waals surface area contributed by atoms with Crippen LogP contribution in [0.2, 0.25) is 4.34 Å². The summed E-state index contributed by atoms with van der Waals surface area (Å²) in [6.45, 7) is 0.960. The molecule has 0 aliphatic carbocycles. The maximum absolute atomic E-state index is 12.7. The third-order valence-corrected chi connectivity index (χ3v) is 6.99. The average molecular weight is 500 g/mol. The molecule has 5 aromatic rings. The Morgan fingerprint density at radius 2 is 1.71 bits per heavy atom. The Labute approximate surface area is 211 Å². The largest absolute Gasteiger partial charge is 0.348 e. The van der Waals surface area contributed by atoms with Crippen LogP contribution in [0.25, 0.3) is 10.1 Å². The van der Waals surface area contributed by atoms with Crippen molar-refractivity contribution in [2.75, 3.05) is 0 Å². The van der Waals surface area contributed by atoms with Gasteiger partial charge in [0.1, 0.15) is 0 Å². The molecule has 0 spiro atoms. The van der Waals surface area contributed by atoms with E-state index in [1.165, 1.54) is 0 Å². The van der Waals surface area contributed by atoms with Crippen molar-refractivity contribution in [3.8, 4) is 0 Å². The number of thiophene rings is 1. The third kappa shape index (κ3) is 5.67. The maximum atomic E-state index is 12.7. The number of rotatable bonds is 7. The lowest BCUT2D eigenvalue weighted by molar-refractivity contribution is 0.0950. The summed E-state index contributed by atoms with van der Waals surface area (Å²) in [4.78, 5) is 28.9. The normalized spacial score (nSPS) is 11.0. The predicted molar refractivity (Wildman–Crippen MR) is 141 cm³/mol. The van der Waals surface area contributed by atoms with Gasteiger partial charge in [-0.2, -0.15) is 0 Å². The number of pyridine rings is 2. The molecule has 0 saturated carbocycles. The van der Waals surface area contributed by atoms with Crippen LogP contribution in [0.4, 0.5) is 0 Å². The van der Waals surface area contributed by atoms with Crippen molar-refractivity contribution in [1.29, 1.82) is 0 Å². The molecule has 35 heavy (non-hydrogen) atoms. The lowest BCUT2D eigenvalue weighted by Crippen LogP contribution is -2.23. The van der Waals surface area contributed by atoms with Gasteiger partial charge in [0.15, 0.2) is 0 Å². The fourth-order valence-corrected chi connectivity index (χ4v) is 5.08. The molecule has 2 aromatic carbocycles. The molecule has 3 aromatic heterocycles. The minimum atomic E-state index is -0.161. The van der Waals surface area contributed by atoms with E-state index in [-0.39, 0.29) is 11.5 Å². The van der Waals surface area contributed by atoms with Crippen LogP contribution in [0.5, 0.6) is 0 Å². The molecule has 0 saturated heterocycles. The first-order valence-electron chi connectivity index (χ1n) is 11.2. The smallest absolute Gasteiger partial charge is 0.253 e. The molecular formula is C28H22ClN3O2S. The van der Waals surface area contributed by atoms with Gasteiger partial charge in [0.25, 0.3) is 11.5 Å². The molecule has 0 unspecified atom stereocenters. The van der Waals surface area contributed by atoms with Gasteiger partial charge in [-0.1, -0.05) is 48.0 Å². The Hall–Kier alpha value is -3.74. The van der Waals surface area contributed by atoms with Crippen molar-refractivity contribution in [3.05, 3.63) is 134 Å². The van der Waals surface area contributed by atoms with E-state index in [4.69, 9.17) is 11.6 Å². The van der Waals surface area contributed by atoms with Crippen molar-refractivity contribution in [3.63, 3.8) is 0 Å². The molecule has 3 heterocycles. The minimum absolute atomic E-state index is 0.0193. The number of benzene rings is 2. The highest BCUT2D eigenvalue weighted by atomic mass is 35.5. The van der Waals surface area contributed by atoms with E-state index < -0.39 is 0 Å². The standard InChI is InChI=1S/C28H22ClN3O2S/c29-26-14-23-12-21(8-9-25(23)35-26)16-31-28(34)24-13-22(15-30-17-24)11-19-4-6-20(7-5-19)18-32-10-2-1-3-27(32)33/h1-10,12-15,17H,11,16,18H2,(H,31,34). The fraction of sp³-hybridized carbons (Fsp3) is 0.107. The number of nitrogens with one attached hydrogen (secondary N) is 1. The van der Waals surface area contributed by atoms with Gasteiger partial charge in [-0.15, -0.1) is 11.3 Å². The molecular weight excluding hydrogens is 478 g/mol. The van der Waals surface area contributed by atoms with Crippen LogP contribution in [-0.2, 0) is 19.5 Å². The van der Waals surface area contributed by atoms with E-state index in [1.807, 2.05) is 60.7 Å². The summed E-state index contributed by atoms with van der Waals surface area (Å²) in [6.07, 6.45) is 5.81. The van der Waals surface area contributed by atoms with Gasteiger partial charge in [0.05, 0.1) is 16.4 Å². The first kappa shape index (κ1) is 23.0. The molecule has 1 amide bonds. The topological polar surface area (TPSA) is 64.0 Å². The van der Waals surface area contributed by atoms with Gasteiger partial charge in [-0.05, 0) is 64.4 Å². The average Bonchev–Trinajstić information content (AvgIpc) is 3.24. The molecule has 0 atom stereocenters. The molecule has 174 valence electrons. The highest BCUT2D eigenvalue weighted by Gasteiger charge is 2.09. The molecule has 5 rings (SSSR count). The highest BCUT2D eigenvalue weighted by molar-refractivity contribution is 7.22. The van der Waals surface area contributed by atoms with Crippen LogP contribution in [0.3, 0.4) is 0 Å². The summed E-state index contributed by atoms with van der Waals surface area (Å²) in [6, 6.07) is 23.2. The molecule has 0 bridgehead atoms. The van der Waals surface area contributed by atoms with E-state index in [0.29, 0.717) is 25.1 Å². The van der Waals surface area contributed by atoms with Crippen LogP contribution < -0.4 is 10.9 Å². The zero-order valence-electron chi connectivity index (χ0n) is 18.8. The van der Waals surface area contributed by atoms with Crippen LogP contribution >= 0.6 is 22.9 Å². The summed E-state index contributed by atoms with van der Waals surface area (Å²) >= 11 is 7.63. The van der Waals surface area contributed by atoms with Crippen LogP contribution in [0.1, 0.15) is 32.6 Å². The Kier molecular flexibility index (Phi) is 6.75. The first-order chi connectivity index (χ1) is 17.0. The molecule has 7 heteroatoms. The quantitative estimate of drug-likeness (QED) is 0.313. The van der Waals surface area contributed by atoms with Crippen LogP contribution in [0, 0.1) is 0 Å². The van der Waals surface area contributed by atoms with Gasteiger partial charge < -0.3 is 9.88 Å². The number of fused-ring (bicyclic) bond motifs is 1. The summed E-state index contributed by atoms with van der Waals surface area (Å²) in [5.41, 5.74) is 4.64. The van der Waals surface area contributed by atoms with Crippen molar-refractivity contribution in [1.82, 2.24) is 14.9 Å². The number of carbonyl (C=O) groups excluding carboxylic acids is 1. The summed E-state index contributed by atoms with van der Waals surface area (Å²) in [5.74, 6) is -0.161. The molecule has 0 radical (unpaired) electrons. The molecule has 0 aliphatic rings. The van der Waals surface area contributed by atoms with Gasteiger partial charge in [-0.3, -0.25) is 14.6 Å². The molecule has 0 fully saturated rings. The Morgan fingerprint density at radius 1 is 0.914 bits per heavy atom. The van der Waals surface area contributed by atoms with Crippen molar-refractivity contribution < 1.29 is 4.79 Å². The number of halogens is 1. The van der Waals surface area contributed by atoms with Gasteiger partial charge >= 0.3 is 0 Å². The summed E-state index contributed by atoms with van der Waals surface area (Å²) in [7, 11) is 0. The zero-order chi connectivity index (χ0) is 24.2. The van der Waals surface area contributed by atoms with E-state index in [0.717, 1.165) is 36.7 Å². The number of hydrogen-bond donors (Lipinski definition) is 1. The maximum Gasteiger partial charge on any atom is 0.253 e. The SMILES string of the molecule is O=C(NCc1ccc2sc(Cl)cc2c1)c1cncc(Cc2ccc(Cn3ccccc3=O)cc2)c1. The summed E-state index contributed by atoms with van der Waals surface area (Å²) in [5, 5.41) is 4.06. The Bertz CT molecular complexity index is 1560. The number of aromatic nitrogens is 2. The van der Waals surface area contributed by atoms with E-state index in [1.54, 1.807) is 46.6 Å². The first-order valence-corrected chi connectivity index (χ1v) is 12.4. The number of hydrogen-bond acceptors (Lipinski definition) is 4.